The molecule has 0 saturated carbocycles. The molecule has 8 nitrogen and oxygen atoms in total. The Hall–Kier alpha value is -0.500. The molecule has 0 aromatic carbocycles. The van der Waals surface area contributed by atoms with Crippen molar-refractivity contribution >= 4 is 13.8 Å². The molecular weight excluding hydrogens is 589 g/mol. The molecule has 0 aromatic rings. The number of phosphoric ester groups is 1. The van der Waals surface area contributed by atoms with Gasteiger partial charge in [0.05, 0.1) is 19.8 Å². The molecule has 9 heteroatoms. The summed E-state index contributed by atoms with van der Waals surface area (Å²) < 4.78 is 33.2. The molecule has 0 rings (SSSR count). The van der Waals surface area contributed by atoms with Gasteiger partial charge < -0.3 is 20.1 Å². The maximum Gasteiger partial charge on any atom is 0.472 e. The Morgan fingerprint density at radius 3 is 1.40 bits per heavy atom. The van der Waals surface area contributed by atoms with Crippen LogP contribution in [0.2, 0.25) is 0 Å². The number of hydrogen-bond acceptors (Lipinski definition) is 7. The summed E-state index contributed by atoms with van der Waals surface area (Å²) in [6.07, 6.45) is 32.6. The third-order valence-electron chi connectivity index (χ3n) is 8.27. The minimum absolute atomic E-state index is 0.0906. The van der Waals surface area contributed by atoms with Crippen LogP contribution in [-0.4, -0.2) is 49.9 Å². The first-order valence-electron chi connectivity index (χ1n) is 19.0. The van der Waals surface area contributed by atoms with Crippen LogP contribution in [0.4, 0.5) is 0 Å². The van der Waals surface area contributed by atoms with Gasteiger partial charge in [-0.2, -0.15) is 0 Å². The lowest BCUT2D eigenvalue weighted by Crippen LogP contribution is -2.28. The predicted octanol–water partition coefficient (Wildman–Crippen LogP) is 10.6. The number of carbonyl (C=O) groups is 1. The molecule has 2 atom stereocenters. The second kappa shape index (κ2) is 34.8. The number of nitrogens with two attached hydrogens (primary N) is 1. The molecule has 0 spiro atoms. The van der Waals surface area contributed by atoms with E-state index in [1.165, 1.54) is 135 Å². The maximum atomic E-state index is 12.5. The summed E-state index contributed by atoms with van der Waals surface area (Å²) in [5.41, 5.74) is 5.34. The lowest BCUT2D eigenvalue weighted by molar-refractivity contribution is -0.154. The lowest BCUT2D eigenvalue weighted by Gasteiger charge is -2.20. The van der Waals surface area contributed by atoms with Gasteiger partial charge in [-0.25, -0.2) is 4.57 Å². The summed E-state index contributed by atoms with van der Waals surface area (Å²) in [5.74, 6) is -0.327. The van der Waals surface area contributed by atoms with Crippen molar-refractivity contribution < 1.29 is 32.8 Å². The average molecular weight is 664 g/mol. The molecule has 45 heavy (non-hydrogen) atoms. The van der Waals surface area contributed by atoms with Crippen molar-refractivity contribution in [2.45, 2.75) is 193 Å². The summed E-state index contributed by atoms with van der Waals surface area (Å²) in [6, 6.07) is 0. The van der Waals surface area contributed by atoms with E-state index in [9.17, 15) is 14.3 Å². The van der Waals surface area contributed by atoms with Crippen molar-refractivity contribution in [1.82, 2.24) is 0 Å². The summed E-state index contributed by atoms with van der Waals surface area (Å²) in [7, 11) is -4.26. The van der Waals surface area contributed by atoms with E-state index < -0.39 is 13.9 Å². The molecule has 0 heterocycles. The number of phosphoric acid groups is 1. The summed E-state index contributed by atoms with van der Waals surface area (Å²) in [4.78, 5) is 22.3. The van der Waals surface area contributed by atoms with Gasteiger partial charge in [-0.15, -0.1) is 0 Å². The summed E-state index contributed by atoms with van der Waals surface area (Å²) >= 11 is 0. The number of esters is 1. The van der Waals surface area contributed by atoms with Crippen molar-refractivity contribution in [3.05, 3.63) is 0 Å². The summed E-state index contributed by atoms with van der Waals surface area (Å²) in [6.45, 7) is 4.94. The Morgan fingerprint density at radius 2 is 0.978 bits per heavy atom. The van der Waals surface area contributed by atoms with E-state index in [4.69, 9.17) is 24.3 Å². The Balaban J connectivity index is 3.99. The zero-order valence-corrected chi connectivity index (χ0v) is 30.5. The first kappa shape index (κ1) is 44.5. The minimum Gasteiger partial charge on any atom is -0.457 e. The van der Waals surface area contributed by atoms with Crippen molar-refractivity contribution in [3.63, 3.8) is 0 Å². The van der Waals surface area contributed by atoms with Crippen LogP contribution < -0.4 is 5.73 Å². The Labute approximate surface area is 278 Å². The normalized spacial score (nSPS) is 13.6. The third-order valence-corrected chi connectivity index (χ3v) is 9.26. The van der Waals surface area contributed by atoms with Gasteiger partial charge in [0.25, 0.3) is 0 Å². The van der Waals surface area contributed by atoms with E-state index in [0.29, 0.717) is 13.0 Å². The highest BCUT2D eigenvalue weighted by atomic mass is 31.2. The monoisotopic (exact) mass is 664 g/mol. The SMILES string of the molecule is CCCCCCCCCCCCCCCCCCCC(=O)OC(COCCCCCCCCCCC)COP(=O)(O)OCCN. The topological polar surface area (TPSA) is 117 Å². The number of unbranched alkanes of at least 4 members (excludes halogenated alkanes) is 24. The second-order valence-corrected chi connectivity index (χ2v) is 14.3. The number of hydrogen-bond donors (Lipinski definition) is 2. The van der Waals surface area contributed by atoms with Gasteiger partial charge in [0.2, 0.25) is 0 Å². The molecule has 0 bridgehead atoms. The average Bonchev–Trinajstić information content (AvgIpc) is 3.02. The fraction of sp³-hybridized carbons (Fsp3) is 0.972. The Kier molecular flexibility index (Phi) is 34.4. The van der Waals surface area contributed by atoms with Gasteiger partial charge in [0, 0.05) is 19.6 Å². The standard InChI is InChI=1S/C36H74NO7P/c1-3-5-7-9-11-13-14-15-16-17-18-19-20-21-23-25-27-29-36(38)44-35(34-43-45(39,40)42-32-30-37)33-41-31-28-26-24-22-12-10-8-6-4-2/h35H,3-34,37H2,1-2H3,(H,39,40). The summed E-state index contributed by atoms with van der Waals surface area (Å²) in [5, 5.41) is 0. The van der Waals surface area contributed by atoms with Crippen LogP contribution in [0.25, 0.3) is 0 Å². The molecular formula is C36H74NO7P. The van der Waals surface area contributed by atoms with Gasteiger partial charge in [0.1, 0.15) is 6.10 Å². The van der Waals surface area contributed by atoms with Crippen LogP contribution in [-0.2, 0) is 27.9 Å². The molecule has 270 valence electrons. The van der Waals surface area contributed by atoms with Crippen LogP contribution in [0.5, 0.6) is 0 Å². The Morgan fingerprint density at radius 1 is 0.578 bits per heavy atom. The van der Waals surface area contributed by atoms with Gasteiger partial charge >= 0.3 is 13.8 Å². The highest BCUT2D eigenvalue weighted by Gasteiger charge is 2.25. The number of rotatable bonds is 37. The first-order chi connectivity index (χ1) is 21.9. The molecule has 0 saturated heterocycles. The molecule has 0 aliphatic heterocycles. The lowest BCUT2D eigenvalue weighted by atomic mass is 10.0. The van der Waals surface area contributed by atoms with Crippen LogP contribution in [0.15, 0.2) is 0 Å². The molecule has 0 aliphatic carbocycles. The largest absolute Gasteiger partial charge is 0.472 e. The highest BCUT2D eigenvalue weighted by molar-refractivity contribution is 7.47. The van der Waals surface area contributed by atoms with Crippen molar-refractivity contribution in [1.29, 1.82) is 0 Å². The maximum absolute atomic E-state index is 12.5. The van der Waals surface area contributed by atoms with E-state index in [1.54, 1.807) is 0 Å². The van der Waals surface area contributed by atoms with Crippen molar-refractivity contribution in [2.75, 3.05) is 33.0 Å². The van der Waals surface area contributed by atoms with Crippen molar-refractivity contribution in [2.24, 2.45) is 5.73 Å². The van der Waals surface area contributed by atoms with Crippen LogP contribution >= 0.6 is 7.82 Å². The van der Waals surface area contributed by atoms with E-state index in [2.05, 4.69) is 13.8 Å². The van der Waals surface area contributed by atoms with Gasteiger partial charge in [-0.1, -0.05) is 168 Å². The van der Waals surface area contributed by atoms with Crippen LogP contribution in [0, 0.1) is 0 Å². The predicted molar refractivity (Wildman–Crippen MR) is 187 cm³/mol. The zero-order valence-electron chi connectivity index (χ0n) is 29.6. The van der Waals surface area contributed by atoms with E-state index in [1.807, 2.05) is 0 Å². The molecule has 0 amide bonds. The number of ether oxygens (including phenoxy) is 2. The Bertz CT molecular complexity index is 667. The van der Waals surface area contributed by atoms with Crippen molar-refractivity contribution in [3.8, 4) is 0 Å². The molecule has 0 aromatic heterocycles. The molecule has 2 unspecified atom stereocenters. The third kappa shape index (κ3) is 34.6. The molecule has 0 radical (unpaired) electrons. The van der Waals surface area contributed by atoms with E-state index >= 15 is 0 Å². The first-order valence-corrected chi connectivity index (χ1v) is 20.5. The zero-order chi connectivity index (χ0) is 33.1. The molecule has 0 fully saturated rings. The molecule has 3 N–H and O–H groups in total. The van der Waals surface area contributed by atoms with Crippen LogP contribution in [0.3, 0.4) is 0 Å². The van der Waals surface area contributed by atoms with Gasteiger partial charge in [0.15, 0.2) is 0 Å². The van der Waals surface area contributed by atoms with Gasteiger partial charge in [-0.3, -0.25) is 13.8 Å². The second-order valence-electron chi connectivity index (χ2n) is 12.8. The number of carbonyl (C=O) groups excluding carboxylic acids is 1. The highest BCUT2D eigenvalue weighted by Crippen LogP contribution is 2.43. The quantitative estimate of drug-likeness (QED) is 0.0383. The molecule has 0 aliphatic rings. The van der Waals surface area contributed by atoms with E-state index in [0.717, 1.165) is 32.1 Å². The van der Waals surface area contributed by atoms with Crippen LogP contribution in [0.1, 0.15) is 187 Å². The minimum atomic E-state index is -4.26. The fourth-order valence-corrected chi connectivity index (χ4v) is 6.23. The smallest absolute Gasteiger partial charge is 0.457 e. The fourth-order valence-electron chi connectivity index (χ4n) is 5.47. The van der Waals surface area contributed by atoms with E-state index in [-0.39, 0.29) is 32.3 Å². The van der Waals surface area contributed by atoms with Gasteiger partial charge in [-0.05, 0) is 12.8 Å².